The van der Waals surface area contributed by atoms with Crippen molar-refractivity contribution < 1.29 is 18.3 Å². The van der Waals surface area contributed by atoms with E-state index in [2.05, 4.69) is 155 Å². The molecule has 3 saturated heterocycles. The van der Waals surface area contributed by atoms with Crippen molar-refractivity contribution in [2.24, 2.45) is 0 Å². The summed E-state index contributed by atoms with van der Waals surface area (Å²) in [5, 5.41) is 10.8. The number of ketones is 1. The van der Waals surface area contributed by atoms with Crippen LogP contribution in [0, 0.1) is 0 Å². The van der Waals surface area contributed by atoms with Crippen molar-refractivity contribution >= 4 is 97.2 Å². The number of hydrogen-bond donors (Lipinski definition) is 1. The molecule has 4 aliphatic rings. The van der Waals surface area contributed by atoms with Crippen molar-refractivity contribution in [1.82, 2.24) is 19.6 Å². The number of sulfone groups is 1. The third-order valence-electron chi connectivity index (χ3n) is 14.0. The number of rotatable bonds is 15. The van der Waals surface area contributed by atoms with Crippen molar-refractivity contribution in [3.05, 3.63) is 124 Å². The van der Waals surface area contributed by atoms with Gasteiger partial charge in [-0.2, -0.15) is 0 Å². The Morgan fingerprint density at radius 2 is 1.08 bits per heavy atom. The van der Waals surface area contributed by atoms with E-state index in [0.29, 0.717) is 16.6 Å². The summed E-state index contributed by atoms with van der Waals surface area (Å²) in [7, 11) is -3.09. The number of likely N-dealkylation sites (tertiary alicyclic amines) is 3. The van der Waals surface area contributed by atoms with Gasteiger partial charge in [0.25, 0.3) is 0 Å². The van der Waals surface area contributed by atoms with Gasteiger partial charge in [-0.3, -0.25) is 9.69 Å². The summed E-state index contributed by atoms with van der Waals surface area (Å²) < 4.78 is 24.3. The number of thioether (sulfide) groups is 3. The molecule has 0 aliphatic carbocycles. The molecule has 0 bridgehead atoms. The number of benzene rings is 4. The molecule has 0 aromatic heterocycles. The number of aliphatic hydroxyl groups is 1. The van der Waals surface area contributed by atoms with Gasteiger partial charge in [0.2, 0.25) is 0 Å². The van der Waals surface area contributed by atoms with Crippen LogP contribution in [0.25, 0.3) is 5.57 Å². The fourth-order valence-corrected chi connectivity index (χ4v) is 12.3. The largest absolute Gasteiger partial charge is 0.385 e. The summed E-state index contributed by atoms with van der Waals surface area (Å²) in [6.07, 6.45) is 21.5. The van der Waals surface area contributed by atoms with Crippen molar-refractivity contribution in [3.8, 4) is 0 Å². The van der Waals surface area contributed by atoms with Crippen LogP contribution in [0.3, 0.4) is 0 Å². The van der Waals surface area contributed by atoms with E-state index < -0.39 is 15.4 Å². The number of carbonyl (C=O) groups is 1. The van der Waals surface area contributed by atoms with Crippen molar-refractivity contribution in [2.75, 3.05) is 104 Å². The zero-order valence-corrected chi connectivity index (χ0v) is 52.9. The molecule has 4 heterocycles. The summed E-state index contributed by atoms with van der Waals surface area (Å²) in [5.41, 5.74) is 4.58. The van der Waals surface area contributed by atoms with Crippen LogP contribution in [0.4, 0.5) is 0 Å². The number of piperidine rings is 3. The Balaban J connectivity index is 0.000000327. The van der Waals surface area contributed by atoms with Gasteiger partial charge in [-0.25, -0.2) is 8.42 Å². The maximum absolute atomic E-state index is 11.6. The van der Waals surface area contributed by atoms with Gasteiger partial charge in [-0.15, -0.1) is 60.1 Å². The molecule has 1 N–H and O–H groups in total. The number of Topliss-reactive ketones (excluding diaryl/α,β-unsaturated/α-hetero) is 1. The lowest BCUT2D eigenvalue weighted by Gasteiger charge is -2.38. The molecule has 4 aliphatic heterocycles. The van der Waals surface area contributed by atoms with E-state index in [0.717, 1.165) is 107 Å². The van der Waals surface area contributed by atoms with E-state index in [1.165, 1.54) is 89.4 Å². The summed E-state index contributed by atoms with van der Waals surface area (Å²) in [4.78, 5) is 25.0. The number of nitrogens with zero attached hydrogens (tertiary/aromatic N) is 4. The molecule has 420 valence electrons. The first-order valence-corrected chi connectivity index (χ1v) is 33.2. The fourth-order valence-electron chi connectivity index (χ4n) is 9.72. The second kappa shape index (κ2) is 37.9. The molecule has 0 unspecified atom stereocenters. The SMILES string of the molecule is CCCN1CC=C(c2cccc(SC)c2)CC1.CCCN1CCC(=O)CC1.CCCN1CCC(O)(c2cccc(SC)c2)CC1.CCCN1CCC(c2cccc(S(C)(=O)=O)c2)CC1.CSc1cccc(Br)c1.Cl.Cl. The second-order valence-electron chi connectivity index (χ2n) is 19.6. The highest BCUT2D eigenvalue weighted by atomic mass is 79.9. The molecule has 3 fully saturated rings. The maximum Gasteiger partial charge on any atom is 0.175 e. The highest BCUT2D eigenvalue weighted by molar-refractivity contribution is 9.10. The predicted molar refractivity (Wildman–Crippen MR) is 335 cm³/mol. The van der Waals surface area contributed by atoms with Gasteiger partial charge in [0.15, 0.2) is 9.84 Å². The number of hydrogen-bond acceptors (Lipinski definition) is 11. The van der Waals surface area contributed by atoms with Crippen molar-refractivity contribution in [3.63, 3.8) is 0 Å². The van der Waals surface area contributed by atoms with Crippen LogP contribution in [0.1, 0.15) is 121 Å². The van der Waals surface area contributed by atoms with Crippen LogP contribution in [0.2, 0.25) is 0 Å². The average Bonchev–Trinajstić information content (AvgIpc) is 3.41. The molecule has 0 amide bonds. The summed E-state index contributed by atoms with van der Waals surface area (Å²) in [5.74, 6) is 0.946. The minimum absolute atomic E-state index is 0. The van der Waals surface area contributed by atoms with E-state index in [1.54, 1.807) is 29.6 Å². The monoisotopic (exact) mass is 1210 g/mol. The fraction of sp³-hybridized carbons (Fsp3) is 0.550. The van der Waals surface area contributed by atoms with Crippen molar-refractivity contribution in [2.45, 2.75) is 129 Å². The first-order chi connectivity index (χ1) is 35.2. The number of carbonyl (C=O) groups excluding carboxylic acids is 1. The Bertz CT molecular complexity index is 2350. The van der Waals surface area contributed by atoms with Crippen LogP contribution < -0.4 is 0 Å². The third kappa shape index (κ3) is 25.4. The smallest absolute Gasteiger partial charge is 0.175 e. The molecular weight excluding hydrogens is 1120 g/mol. The van der Waals surface area contributed by atoms with Crippen LogP contribution >= 0.6 is 76.0 Å². The van der Waals surface area contributed by atoms with E-state index >= 15 is 0 Å². The molecule has 8 nitrogen and oxygen atoms in total. The minimum atomic E-state index is -3.09. The lowest BCUT2D eigenvalue weighted by atomic mass is 9.84. The Morgan fingerprint density at radius 1 is 0.600 bits per heavy atom. The summed E-state index contributed by atoms with van der Waals surface area (Å²) >= 11 is 8.69. The Labute approximate surface area is 488 Å². The van der Waals surface area contributed by atoms with Crippen LogP contribution in [-0.2, 0) is 20.2 Å². The van der Waals surface area contributed by atoms with Crippen LogP contribution in [0.5, 0.6) is 0 Å². The Kier molecular flexibility index (Phi) is 35.0. The number of halogens is 3. The molecule has 15 heteroatoms. The highest BCUT2D eigenvalue weighted by Crippen LogP contribution is 2.35. The van der Waals surface area contributed by atoms with Gasteiger partial charge in [0.05, 0.1) is 10.5 Å². The van der Waals surface area contributed by atoms with Gasteiger partial charge in [-0.1, -0.05) is 92.2 Å². The average molecular weight is 1210 g/mol. The first kappa shape index (κ1) is 69.3. The Hall–Kier alpha value is -1.85. The second-order valence-corrected chi connectivity index (χ2v) is 25.2. The van der Waals surface area contributed by atoms with Gasteiger partial charge >= 0.3 is 0 Å². The molecule has 4 aromatic carbocycles. The summed E-state index contributed by atoms with van der Waals surface area (Å²) in [6, 6.07) is 33.0. The van der Waals surface area contributed by atoms with Crippen molar-refractivity contribution in [1.29, 1.82) is 0 Å². The van der Waals surface area contributed by atoms with E-state index in [-0.39, 0.29) is 24.8 Å². The van der Waals surface area contributed by atoms with E-state index in [4.69, 9.17) is 0 Å². The molecule has 8 rings (SSSR count). The maximum atomic E-state index is 11.6. The van der Waals surface area contributed by atoms with Crippen LogP contribution in [0.15, 0.2) is 127 Å². The molecule has 0 saturated carbocycles. The standard InChI is InChI=1S/C15H23NO2S.C15H23NOS.C15H21NS.C8H15NO.C7H7BrS.2ClH/c1-3-9-16-10-7-13(8-11-16)14-5-4-6-15(12-14)19(2,17)18;1-3-9-16-10-7-15(17,8-11-16)13-5-4-6-14(12-13)18-2;1-3-9-16-10-7-13(8-11-16)14-5-4-6-15(12-14)17-2;1-2-5-9-6-3-8(10)4-7-9;1-9-7-4-2-3-6(8)5-7;;/h4-6,12-13H,3,7-11H2,1-2H3;4-6,12,17H,3,7-11H2,1-2H3;4-7,12H,3,8-11H2,1-2H3;2-7H2,1H3;2-5H,1H3;2*1H. The van der Waals surface area contributed by atoms with Gasteiger partial charge in [0, 0.05) is 77.5 Å². The normalized spacial score (nSPS) is 17.4. The van der Waals surface area contributed by atoms with Gasteiger partial charge < -0.3 is 19.8 Å². The topological polar surface area (TPSA) is 84.4 Å². The highest BCUT2D eigenvalue weighted by Gasteiger charge is 2.33. The zero-order chi connectivity index (χ0) is 53.1. The quantitative estimate of drug-likeness (QED) is 0.116. The van der Waals surface area contributed by atoms with E-state index in [9.17, 15) is 18.3 Å². The first-order valence-electron chi connectivity index (χ1n) is 26.9. The lowest BCUT2D eigenvalue weighted by molar-refractivity contribution is -0.121. The van der Waals surface area contributed by atoms with Gasteiger partial charge in [0.1, 0.15) is 5.78 Å². The molecule has 0 atom stereocenters. The van der Waals surface area contributed by atoms with Crippen LogP contribution in [-0.4, -0.2) is 142 Å². The minimum Gasteiger partial charge on any atom is -0.385 e. The lowest BCUT2D eigenvalue weighted by Crippen LogP contribution is -2.42. The Morgan fingerprint density at radius 3 is 1.59 bits per heavy atom. The third-order valence-corrected chi connectivity index (χ3v) is 17.8. The predicted octanol–water partition coefficient (Wildman–Crippen LogP) is 14.8. The van der Waals surface area contributed by atoms with E-state index in [1.807, 2.05) is 36.0 Å². The molecular formula is C60H91BrCl2N4O4S4. The summed E-state index contributed by atoms with van der Waals surface area (Å²) in [6.45, 7) is 22.2. The molecule has 75 heavy (non-hydrogen) atoms. The molecule has 0 radical (unpaired) electrons. The molecule has 4 aromatic rings. The zero-order valence-electron chi connectivity index (χ0n) is 46.4. The molecule has 0 spiro atoms. The van der Waals surface area contributed by atoms with Gasteiger partial charge in [-0.05, 0) is 199 Å².